The van der Waals surface area contributed by atoms with Crippen molar-refractivity contribution in [1.29, 1.82) is 0 Å². The summed E-state index contributed by atoms with van der Waals surface area (Å²) in [4.78, 5) is 16.7. The maximum absolute atomic E-state index is 13.4. The van der Waals surface area contributed by atoms with Crippen LogP contribution in [0.5, 0.6) is 11.5 Å². The standard InChI is InChI=1S/C25H19BrFNO4/c1-15-6-8-18(9-7-15)24-28-21(25(29)32-24)12-17-11-20(26)23(22(13-17)30-2)31-14-16-4-3-5-19(27)10-16/h3-13H,14H2,1-2H3/b21-12-. The Hall–Kier alpha value is -3.45. The van der Waals surface area contributed by atoms with Crippen LogP contribution in [0.4, 0.5) is 4.39 Å². The third kappa shape index (κ3) is 4.89. The molecule has 0 amide bonds. The van der Waals surface area contributed by atoms with E-state index in [4.69, 9.17) is 14.2 Å². The van der Waals surface area contributed by atoms with Crippen LogP contribution >= 0.6 is 15.9 Å². The first kappa shape index (κ1) is 21.8. The van der Waals surface area contributed by atoms with Crippen LogP contribution in [0.3, 0.4) is 0 Å². The average molecular weight is 496 g/mol. The van der Waals surface area contributed by atoms with Crippen LogP contribution in [0.1, 0.15) is 22.3 Å². The van der Waals surface area contributed by atoms with E-state index >= 15 is 0 Å². The summed E-state index contributed by atoms with van der Waals surface area (Å²) in [6, 6.07) is 17.3. The lowest BCUT2D eigenvalue weighted by Gasteiger charge is -2.13. The fourth-order valence-electron chi connectivity index (χ4n) is 3.13. The first-order valence-electron chi connectivity index (χ1n) is 9.77. The Morgan fingerprint density at radius 1 is 1.12 bits per heavy atom. The van der Waals surface area contributed by atoms with Crippen molar-refractivity contribution < 1.29 is 23.4 Å². The largest absolute Gasteiger partial charge is 0.493 e. The van der Waals surface area contributed by atoms with E-state index in [1.165, 1.54) is 19.2 Å². The van der Waals surface area contributed by atoms with Crippen LogP contribution in [0.25, 0.3) is 6.08 Å². The van der Waals surface area contributed by atoms with Gasteiger partial charge >= 0.3 is 5.97 Å². The number of carbonyl (C=O) groups is 1. The summed E-state index contributed by atoms with van der Waals surface area (Å²) in [5, 5.41) is 0. The second-order valence-electron chi connectivity index (χ2n) is 7.15. The highest BCUT2D eigenvalue weighted by atomic mass is 79.9. The summed E-state index contributed by atoms with van der Waals surface area (Å²) in [6.45, 7) is 2.15. The van der Waals surface area contributed by atoms with Gasteiger partial charge in [-0.05, 0) is 76.5 Å². The highest BCUT2D eigenvalue weighted by molar-refractivity contribution is 9.10. The molecule has 0 radical (unpaired) electrons. The summed E-state index contributed by atoms with van der Waals surface area (Å²) in [6.07, 6.45) is 1.62. The molecule has 0 atom stereocenters. The zero-order chi connectivity index (χ0) is 22.7. The predicted molar refractivity (Wildman–Crippen MR) is 123 cm³/mol. The molecule has 0 bridgehead atoms. The molecule has 1 heterocycles. The number of hydrogen-bond donors (Lipinski definition) is 0. The number of carbonyl (C=O) groups excluding carboxylic acids is 1. The Bertz CT molecular complexity index is 1240. The van der Waals surface area contributed by atoms with Gasteiger partial charge in [0.25, 0.3) is 0 Å². The quantitative estimate of drug-likeness (QED) is 0.319. The molecule has 162 valence electrons. The number of hydrogen-bond acceptors (Lipinski definition) is 5. The Labute approximate surface area is 193 Å². The highest BCUT2D eigenvalue weighted by Gasteiger charge is 2.24. The van der Waals surface area contributed by atoms with E-state index < -0.39 is 5.97 Å². The molecule has 1 aliphatic rings. The van der Waals surface area contributed by atoms with E-state index in [1.54, 1.807) is 30.3 Å². The van der Waals surface area contributed by atoms with Crippen molar-refractivity contribution in [2.45, 2.75) is 13.5 Å². The number of ether oxygens (including phenoxy) is 3. The van der Waals surface area contributed by atoms with E-state index in [1.807, 2.05) is 31.2 Å². The number of aliphatic imine (C=N–C) groups is 1. The van der Waals surface area contributed by atoms with Gasteiger partial charge in [-0.1, -0.05) is 29.8 Å². The Kier molecular flexibility index (Phi) is 6.37. The zero-order valence-electron chi connectivity index (χ0n) is 17.4. The average Bonchev–Trinajstić information content (AvgIpc) is 3.13. The topological polar surface area (TPSA) is 57.1 Å². The first-order chi connectivity index (χ1) is 15.4. The number of nitrogens with zero attached hydrogens (tertiary/aromatic N) is 1. The highest BCUT2D eigenvalue weighted by Crippen LogP contribution is 2.38. The molecular formula is C25H19BrFNO4. The number of benzene rings is 3. The molecule has 0 saturated carbocycles. The Balaban J connectivity index is 1.59. The van der Waals surface area contributed by atoms with Crippen molar-refractivity contribution in [3.05, 3.63) is 98.9 Å². The third-order valence-electron chi connectivity index (χ3n) is 4.75. The molecule has 7 heteroatoms. The minimum atomic E-state index is -0.526. The maximum atomic E-state index is 13.4. The van der Waals surface area contributed by atoms with E-state index in [0.717, 1.165) is 11.1 Å². The minimum Gasteiger partial charge on any atom is -0.493 e. The predicted octanol–water partition coefficient (Wildman–Crippen LogP) is 5.83. The van der Waals surface area contributed by atoms with E-state index in [2.05, 4.69) is 20.9 Å². The van der Waals surface area contributed by atoms with Crippen LogP contribution in [-0.2, 0) is 16.1 Å². The van der Waals surface area contributed by atoms with E-state index in [9.17, 15) is 9.18 Å². The molecule has 0 aromatic heterocycles. The van der Waals surface area contributed by atoms with Gasteiger partial charge in [0, 0.05) is 5.56 Å². The SMILES string of the molecule is COc1cc(/C=C2\N=C(c3ccc(C)cc3)OC2=O)cc(Br)c1OCc1cccc(F)c1. The van der Waals surface area contributed by atoms with Gasteiger partial charge < -0.3 is 14.2 Å². The Morgan fingerprint density at radius 2 is 1.91 bits per heavy atom. The summed E-state index contributed by atoms with van der Waals surface area (Å²) in [7, 11) is 1.52. The van der Waals surface area contributed by atoms with Gasteiger partial charge in [-0.3, -0.25) is 0 Å². The first-order valence-corrected chi connectivity index (χ1v) is 10.6. The van der Waals surface area contributed by atoms with Crippen molar-refractivity contribution in [3.8, 4) is 11.5 Å². The molecule has 0 aliphatic carbocycles. The summed E-state index contributed by atoms with van der Waals surface area (Å²) in [5.41, 5.74) is 3.38. The fourth-order valence-corrected chi connectivity index (χ4v) is 3.71. The van der Waals surface area contributed by atoms with Crippen LogP contribution in [0.15, 0.2) is 75.8 Å². The molecule has 3 aromatic rings. The van der Waals surface area contributed by atoms with Crippen LogP contribution < -0.4 is 9.47 Å². The van der Waals surface area contributed by atoms with Gasteiger partial charge in [0.05, 0.1) is 11.6 Å². The summed E-state index contributed by atoms with van der Waals surface area (Å²) in [5.74, 6) is 0.339. The van der Waals surface area contributed by atoms with Gasteiger partial charge in [-0.2, -0.15) is 0 Å². The number of cyclic esters (lactones) is 1. The summed E-state index contributed by atoms with van der Waals surface area (Å²) < 4.78 is 30.7. The lowest BCUT2D eigenvalue weighted by Crippen LogP contribution is -2.05. The van der Waals surface area contributed by atoms with Crippen molar-refractivity contribution in [3.63, 3.8) is 0 Å². The van der Waals surface area contributed by atoms with Crippen molar-refractivity contribution in [1.82, 2.24) is 0 Å². The summed E-state index contributed by atoms with van der Waals surface area (Å²) >= 11 is 3.49. The second kappa shape index (κ2) is 9.36. The van der Waals surface area contributed by atoms with Crippen LogP contribution in [-0.4, -0.2) is 19.0 Å². The van der Waals surface area contributed by atoms with Crippen molar-refractivity contribution >= 4 is 33.9 Å². The Morgan fingerprint density at radius 3 is 2.62 bits per heavy atom. The maximum Gasteiger partial charge on any atom is 0.363 e. The van der Waals surface area contributed by atoms with Gasteiger partial charge in [0.15, 0.2) is 17.2 Å². The van der Waals surface area contributed by atoms with Crippen LogP contribution in [0.2, 0.25) is 0 Å². The number of aryl methyl sites for hydroxylation is 1. The normalized spacial score (nSPS) is 14.3. The number of methoxy groups -OCH3 is 1. The molecule has 1 aliphatic heterocycles. The number of rotatable bonds is 6. The van der Waals surface area contributed by atoms with Gasteiger partial charge in [-0.15, -0.1) is 0 Å². The smallest absolute Gasteiger partial charge is 0.363 e. The van der Waals surface area contributed by atoms with Gasteiger partial charge in [0.1, 0.15) is 12.4 Å². The molecular weight excluding hydrogens is 477 g/mol. The lowest BCUT2D eigenvalue weighted by atomic mass is 10.1. The van der Waals surface area contributed by atoms with Gasteiger partial charge in [-0.25, -0.2) is 14.2 Å². The third-order valence-corrected chi connectivity index (χ3v) is 5.34. The monoisotopic (exact) mass is 495 g/mol. The lowest BCUT2D eigenvalue weighted by molar-refractivity contribution is -0.129. The molecule has 5 nitrogen and oxygen atoms in total. The number of esters is 1. The minimum absolute atomic E-state index is 0.170. The van der Waals surface area contributed by atoms with Crippen molar-refractivity contribution in [2.24, 2.45) is 4.99 Å². The molecule has 0 N–H and O–H groups in total. The zero-order valence-corrected chi connectivity index (χ0v) is 19.0. The van der Waals surface area contributed by atoms with E-state index in [-0.39, 0.29) is 24.0 Å². The molecule has 0 spiro atoms. The molecule has 0 unspecified atom stereocenters. The fraction of sp³-hybridized carbons (Fsp3) is 0.120. The van der Waals surface area contributed by atoms with E-state index in [0.29, 0.717) is 27.1 Å². The molecule has 0 fully saturated rings. The molecule has 4 rings (SSSR count). The molecule has 32 heavy (non-hydrogen) atoms. The number of halogens is 2. The van der Waals surface area contributed by atoms with Gasteiger partial charge in [0.2, 0.25) is 5.90 Å². The molecule has 3 aromatic carbocycles. The second-order valence-corrected chi connectivity index (χ2v) is 8.01. The van der Waals surface area contributed by atoms with Crippen LogP contribution in [0, 0.1) is 12.7 Å². The molecule has 0 saturated heterocycles. The van der Waals surface area contributed by atoms with Crippen molar-refractivity contribution in [2.75, 3.05) is 7.11 Å².